The maximum absolute atomic E-state index is 12.0. The number of hydrogen-bond acceptors (Lipinski definition) is 5. The van der Waals surface area contributed by atoms with Gasteiger partial charge in [0.05, 0.1) is 0 Å². The van der Waals surface area contributed by atoms with Gasteiger partial charge in [-0.1, -0.05) is 75.1 Å². The molecule has 0 fully saturated rings. The fourth-order valence-corrected chi connectivity index (χ4v) is 4.01. The quantitative estimate of drug-likeness (QED) is 0.580. The van der Waals surface area contributed by atoms with Crippen LogP contribution in [0.15, 0.2) is 28.6 Å². The third-order valence-corrected chi connectivity index (χ3v) is 5.20. The Morgan fingerprint density at radius 1 is 1.17 bits per heavy atom. The van der Waals surface area contributed by atoms with Crippen molar-refractivity contribution in [2.45, 2.75) is 56.0 Å². The molecule has 0 aliphatic carbocycles. The van der Waals surface area contributed by atoms with E-state index in [2.05, 4.69) is 67.5 Å². The standard InChI is InChI=1S/C17H23N3OS2/c1-11(2)14-8-5-13(6-9-14)7-10-15(21)18-16-19-20-17(23-16)22-12(3)4/h5-6,8-9,11-12H,7,10H2,1-4H3,(H,18,19,21). The maximum Gasteiger partial charge on any atom is 0.226 e. The van der Waals surface area contributed by atoms with Crippen LogP contribution in [-0.2, 0) is 11.2 Å². The molecular formula is C17H23N3OS2. The Hall–Kier alpha value is -1.40. The lowest BCUT2D eigenvalue weighted by Gasteiger charge is -2.06. The van der Waals surface area contributed by atoms with Crippen LogP contribution in [0, 0.1) is 0 Å². The first-order chi connectivity index (χ1) is 10.9. The Morgan fingerprint density at radius 2 is 1.87 bits per heavy atom. The van der Waals surface area contributed by atoms with Gasteiger partial charge in [-0.15, -0.1) is 10.2 Å². The highest BCUT2D eigenvalue weighted by Crippen LogP contribution is 2.28. The summed E-state index contributed by atoms with van der Waals surface area (Å²) in [6.07, 6.45) is 1.18. The van der Waals surface area contributed by atoms with Crippen LogP contribution in [0.25, 0.3) is 0 Å². The molecule has 0 spiro atoms. The van der Waals surface area contributed by atoms with Crippen LogP contribution in [-0.4, -0.2) is 21.4 Å². The zero-order valence-electron chi connectivity index (χ0n) is 14.0. The van der Waals surface area contributed by atoms with Crippen molar-refractivity contribution in [2.24, 2.45) is 0 Å². The predicted molar refractivity (Wildman–Crippen MR) is 98.4 cm³/mol. The largest absolute Gasteiger partial charge is 0.300 e. The number of rotatable bonds is 7. The molecule has 0 saturated heterocycles. The minimum atomic E-state index is -0.0183. The monoisotopic (exact) mass is 349 g/mol. The molecule has 2 rings (SSSR count). The van der Waals surface area contributed by atoms with Crippen LogP contribution in [0.4, 0.5) is 5.13 Å². The Balaban J connectivity index is 1.81. The summed E-state index contributed by atoms with van der Waals surface area (Å²) in [6.45, 7) is 8.57. The Kier molecular flexibility index (Phi) is 6.59. The minimum Gasteiger partial charge on any atom is -0.300 e. The molecule has 0 unspecified atom stereocenters. The summed E-state index contributed by atoms with van der Waals surface area (Å²) in [5.41, 5.74) is 2.50. The third kappa shape index (κ3) is 5.95. The van der Waals surface area contributed by atoms with Crippen molar-refractivity contribution < 1.29 is 4.79 Å². The van der Waals surface area contributed by atoms with Gasteiger partial charge in [-0.05, 0) is 23.5 Å². The van der Waals surface area contributed by atoms with Crippen LogP contribution in [0.1, 0.15) is 51.2 Å². The SMILES string of the molecule is CC(C)Sc1nnc(NC(=O)CCc2ccc(C(C)C)cc2)s1. The zero-order chi connectivity index (χ0) is 16.8. The van der Waals surface area contributed by atoms with Gasteiger partial charge in [0.25, 0.3) is 0 Å². The van der Waals surface area contributed by atoms with E-state index in [1.165, 1.54) is 22.5 Å². The summed E-state index contributed by atoms with van der Waals surface area (Å²) in [5, 5.41) is 11.9. The molecule has 0 atom stereocenters. The Bertz CT molecular complexity index is 636. The molecule has 4 nitrogen and oxygen atoms in total. The summed E-state index contributed by atoms with van der Waals surface area (Å²) >= 11 is 3.08. The summed E-state index contributed by atoms with van der Waals surface area (Å²) in [4.78, 5) is 12.0. The van der Waals surface area contributed by atoms with Crippen LogP contribution >= 0.6 is 23.1 Å². The molecule has 2 aromatic rings. The number of aromatic nitrogens is 2. The minimum absolute atomic E-state index is 0.0183. The van der Waals surface area contributed by atoms with Crippen LogP contribution in [0.5, 0.6) is 0 Å². The molecular weight excluding hydrogens is 326 g/mol. The topological polar surface area (TPSA) is 54.9 Å². The van der Waals surface area contributed by atoms with Crippen molar-refractivity contribution in [1.29, 1.82) is 0 Å². The normalized spacial score (nSPS) is 11.2. The van der Waals surface area contributed by atoms with Crippen molar-refractivity contribution >= 4 is 34.1 Å². The first kappa shape index (κ1) is 17.9. The highest BCUT2D eigenvalue weighted by atomic mass is 32.2. The Labute approximate surface area is 146 Å². The maximum atomic E-state index is 12.0. The zero-order valence-corrected chi connectivity index (χ0v) is 15.6. The van der Waals surface area contributed by atoms with Gasteiger partial charge in [0.15, 0.2) is 4.34 Å². The first-order valence-electron chi connectivity index (χ1n) is 7.83. The number of nitrogens with zero attached hydrogens (tertiary/aromatic N) is 2. The van der Waals surface area contributed by atoms with E-state index in [0.29, 0.717) is 22.7 Å². The molecule has 1 aromatic carbocycles. The fourth-order valence-electron chi connectivity index (χ4n) is 2.02. The number of benzene rings is 1. The number of nitrogens with one attached hydrogen (secondary N) is 1. The number of anilines is 1. The van der Waals surface area contributed by atoms with E-state index in [9.17, 15) is 4.79 Å². The lowest BCUT2D eigenvalue weighted by molar-refractivity contribution is -0.116. The summed E-state index contributed by atoms with van der Waals surface area (Å²) in [6, 6.07) is 8.48. The molecule has 0 aliphatic heterocycles. The van der Waals surface area contributed by atoms with E-state index >= 15 is 0 Å². The molecule has 124 valence electrons. The van der Waals surface area contributed by atoms with Gasteiger partial charge in [-0.2, -0.15) is 0 Å². The number of carbonyl (C=O) groups excluding carboxylic acids is 1. The molecule has 1 aromatic heterocycles. The smallest absolute Gasteiger partial charge is 0.226 e. The van der Waals surface area contributed by atoms with Gasteiger partial charge in [-0.25, -0.2) is 0 Å². The van der Waals surface area contributed by atoms with Crippen LogP contribution in [0.3, 0.4) is 0 Å². The number of amides is 1. The van der Waals surface area contributed by atoms with Crippen molar-refractivity contribution in [3.63, 3.8) is 0 Å². The highest BCUT2D eigenvalue weighted by Gasteiger charge is 2.10. The van der Waals surface area contributed by atoms with Gasteiger partial charge >= 0.3 is 0 Å². The average molecular weight is 350 g/mol. The van der Waals surface area contributed by atoms with Crippen LogP contribution < -0.4 is 5.32 Å². The van der Waals surface area contributed by atoms with E-state index in [-0.39, 0.29) is 5.91 Å². The molecule has 6 heteroatoms. The van der Waals surface area contributed by atoms with E-state index in [1.54, 1.807) is 11.8 Å². The fraction of sp³-hybridized carbons (Fsp3) is 0.471. The van der Waals surface area contributed by atoms with E-state index in [0.717, 1.165) is 10.8 Å². The summed E-state index contributed by atoms with van der Waals surface area (Å²) in [5.74, 6) is 0.512. The predicted octanol–water partition coefficient (Wildman–Crippen LogP) is 4.73. The number of thioether (sulfide) groups is 1. The summed E-state index contributed by atoms with van der Waals surface area (Å²) in [7, 11) is 0. The second-order valence-electron chi connectivity index (χ2n) is 5.98. The third-order valence-electron chi connectivity index (χ3n) is 3.28. The molecule has 0 radical (unpaired) electrons. The van der Waals surface area contributed by atoms with Gasteiger partial charge in [0.2, 0.25) is 11.0 Å². The molecule has 1 heterocycles. The van der Waals surface area contributed by atoms with E-state index in [1.807, 2.05) is 0 Å². The van der Waals surface area contributed by atoms with Crippen LogP contribution in [0.2, 0.25) is 0 Å². The van der Waals surface area contributed by atoms with E-state index < -0.39 is 0 Å². The number of carbonyl (C=O) groups is 1. The van der Waals surface area contributed by atoms with Gasteiger partial charge in [-0.3, -0.25) is 4.79 Å². The average Bonchev–Trinajstić information content (AvgIpc) is 2.91. The van der Waals surface area contributed by atoms with Crippen molar-refractivity contribution in [3.05, 3.63) is 35.4 Å². The second kappa shape index (κ2) is 8.45. The molecule has 1 amide bonds. The molecule has 23 heavy (non-hydrogen) atoms. The first-order valence-corrected chi connectivity index (χ1v) is 9.52. The van der Waals surface area contributed by atoms with Crippen molar-refractivity contribution in [2.75, 3.05) is 5.32 Å². The second-order valence-corrected chi connectivity index (χ2v) is 8.79. The molecule has 1 N–H and O–H groups in total. The van der Waals surface area contributed by atoms with Crippen molar-refractivity contribution in [3.8, 4) is 0 Å². The van der Waals surface area contributed by atoms with Gasteiger partial charge < -0.3 is 5.32 Å². The highest BCUT2D eigenvalue weighted by molar-refractivity contribution is 8.01. The van der Waals surface area contributed by atoms with E-state index in [4.69, 9.17) is 0 Å². The Morgan fingerprint density at radius 3 is 2.48 bits per heavy atom. The molecule has 0 bridgehead atoms. The number of aryl methyl sites for hydroxylation is 1. The van der Waals surface area contributed by atoms with Gasteiger partial charge in [0.1, 0.15) is 0 Å². The lowest BCUT2D eigenvalue weighted by atomic mass is 10.0. The van der Waals surface area contributed by atoms with Crippen molar-refractivity contribution in [1.82, 2.24) is 10.2 Å². The van der Waals surface area contributed by atoms with Gasteiger partial charge in [0, 0.05) is 11.7 Å². The molecule has 0 saturated carbocycles. The lowest BCUT2D eigenvalue weighted by Crippen LogP contribution is -2.12. The summed E-state index contributed by atoms with van der Waals surface area (Å²) < 4.78 is 0.888. The molecule has 0 aliphatic rings. The number of hydrogen-bond donors (Lipinski definition) is 1.